The number of hydrogen-bond acceptors (Lipinski definition) is 4. The summed E-state index contributed by atoms with van der Waals surface area (Å²) in [7, 11) is 0. The van der Waals surface area contributed by atoms with Crippen molar-refractivity contribution in [3.8, 4) is 5.75 Å². The van der Waals surface area contributed by atoms with Crippen LogP contribution in [0, 0.1) is 0 Å². The third-order valence-corrected chi connectivity index (χ3v) is 5.93. The molecule has 33 heavy (non-hydrogen) atoms. The van der Waals surface area contributed by atoms with E-state index in [-0.39, 0.29) is 5.69 Å². The topological polar surface area (TPSA) is 54.5 Å². The smallest absolute Gasteiger partial charge is 0.418 e. The van der Waals surface area contributed by atoms with Crippen molar-refractivity contribution in [2.45, 2.75) is 44.8 Å². The number of para-hydroxylation sites is 2. The number of pyridine rings is 1. The average Bonchev–Trinajstić information content (AvgIpc) is 2.82. The predicted octanol–water partition coefficient (Wildman–Crippen LogP) is 6.04. The number of carbonyl (C=O) groups excluding carboxylic acids is 1. The number of carbonyl (C=O) groups is 1. The van der Waals surface area contributed by atoms with E-state index in [0.717, 1.165) is 43.1 Å². The Morgan fingerprint density at radius 2 is 1.94 bits per heavy atom. The first-order valence-corrected chi connectivity index (χ1v) is 11.1. The van der Waals surface area contributed by atoms with E-state index in [1.54, 1.807) is 12.1 Å². The Hall–Kier alpha value is -3.29. The number of ether oxygens (including phenoxy) is 1. The minimum Gasteiger partial charge on any atom is -0.481 e. The van der Waals surface area contributed by atoms with Crippen molar-refractivity contribution >= 4 is 28.3 Å². The molecule has 2 aromatic carbocycles. The SMILES string of the molecule is CCC1CCCCN1c1ccc2cccc(OCC(=O)Nc3ccccc3C(F)(F)F)c2n1. The van der Waals surface area contributed by atoms with E-state index in [1.165, 1.54) is 24.6 Å². The average molecular weight is 457 g/mol. The monoisotopic (exact) mass is 457 g/mol. The summed E-state index contributed by atoms with van der Waals surface area (Å²) in [6, 6.07) is 14.7. The van der Waals surface area contributed by atoms with Crippen LogP contribution in [0.15, 0.2) is 54.6 Å². The minimum atomic E-state index is -4.56. The molecule has 1 amide bonds. The van der Waals surface area contributed by atoms with Crippen molar-refractivity contribution in [3.63, 3.8) is 0 Å². The molecule has 1 saturated heterocycles. The normalized spacial score (nSPS) is 16.6. The van der Waals surface area contributed by atoms with Crippen LogP contribution in [-0.4, -0.2) is 30.1 Å². The molecule has 4 rings (SSSR count). The molecule has 1 aliphatic rings. The van der Waals surface area contributed by atoms with Crippen LogP contribution in [0.3, 0.4) is 0 Å². The fraction of sp³-hybridized carbons (Fsp3) is 0.360. The number of nitrogens with zero attached hydrogens (tertiary/aromatic N) is 2. The van der Waals surface area contributed by atoms with Crippen LogP contribution in [0.4, 0.5) is 24.7 Å². The van der Waals surface area contributed by atoms with Crippen LogP contribution >= 0.6 is 0 Å². The van der Waals surface area contributed by atoms with Crippen LogP contribution in [0.5, 0.6) is 5.75 Å². The molecule has 1 atom stereocenters. The summed E-state index contributed by atoms with van der Waals surface area (Å²) in [5.74, 6) is 0.606. The predicted molar refractivity (Wildman–Crippen MR) is 123 cm³/mol. The van der Waals surface area contributed by atoms with Gasteiger partial charge < -0.3 is 15.0 Å². The van der Waals surface area contributed by atoms with E-state index in [0.29, 0.717) is 17.3 Å². The van der Waals surface area contributed by atoms with Crippen LogP contribution < -0.4 is 15.0 Å². The fourth-order valence-electron chi connectivity index (χ4n) is 4.28. The summed E-state index contributed by atoms with van der Waals surface area (Å²) in [6.07, 6.45) is -0.0612. The molecule has 1 aromatic heterocycles. The Morgan fingerprint density at radius 3 is 2.73 bits per heavy atom. The molecule has 174 valence electrons. The van der Waals surface area contributed by atoms with Gasteiger partial charge in [-0.25, -0.2) is 4.98 Å². The number of aromatic nitrogens is 1. The lowest BCUT2D eigenvalue weighted by atomic mass is 10.00. The molecular weight excluding hydrogens is 431 g/mol. The number of benzene rings is 2. The first-order chi connectivity index (χ1) is 15.9. The number of alkyl halides is 3. The number of nitrogens with one attached hydrogen (secondary N) is 1. The van der Waals surface area contributed by atoms with Gasteiger partial charge in [-0.3, -0.25) is 4.79 Å². The van der Waals surface area contributed by atoms with Gasteiger partial charge in [-0.05, 0) is 56.0 Å². The zero-order valence-corrected chi connectivity index (χ0v) is 18.4. The van der Waals surface area contributed by atoms with Gasteiger partial charge in [0.25, 0.3) is 5.91 Å². The Morgan fingerprint density at radius 1 is 1.12 bits per heavy atom. The van der Waals surface area contributed by atoms with Gasteiger partial charge in [-0.1, -0.05) is 31.2 Å². The number of hydrogen-bond donors (Lipinski definition) is 1. The first-order valence-electron chi connectivity index (χ1n) is 11.1. The number of amides is 1. The molecule has 0 saturated carbocycles. The zero-order chi connectivity index (χ0) is 23.4. The van der Waals surface area contributed by atoms with E-state index in [4.69, 9.17) is 9.72 Å². The molecule has 1 N–H and O–H groups in total. The summed E-state index contributed by atoms with van der Waals surface area (Å²) in [6.45, 7) is 2.69. The largest absolute Gasteiger partial charge is 0.481 e. The maximum Gasteiger partial charge on any atom is 0.418 e. The quantitative estimate of drug-likeness (QED) is 0.490. The number of piperidine rings is 1. The summed E-state index contributed by atoms with van der Waals surface area (Å²) in [5.41, 5.74) is -0.576. The van der Waals surface area contributed by atoms with E-state index in [9.17, 15) is 18.0 Å². The molecule has 3 aromatic rings. The number of rotatable bonds is 6. The third kappa shape index (κ3) is 5.21. The van der Waals surface area contributed by atoms with Gasteiger partial charge in [0, 0.05) is 18.0 Å². The van der Waals surface area contributed by atoms with E-state index in [1.807, 2.05) is 18.2 Å². The summed E-state index contributed by atoms with van der Waals surface area (Å²) < 4.78 is 45.2. The standard InChI is InChI=1S/C25H26F3N3O2/c1-2-18-9-5-6-15-31(18)22-14-13-17-8-7-12-21(24(17)30-22)33-16-23(32)29-20-11-4-3-10-19(20)25(26,27)28/h3-4,7-8,10-14,18H,2,5-6,9,15-16H2,1H3,(H,29,32). The van der Waals surface area contributed by atoms with Crippen molar-refractivity contribution < 1.29 is 22.7 Å². The lowest BCUT2D eigenvalue weighted by Gasteiger charge is -2.36. The molecule has 0 spiro atoms. The molecule has 0 radical (unpaired) electrons. The van der Waals surface area contributed by atoms with E-state index >= 15 is 0 Å². The highest BCUT2D eigenvalue weighted by molar-refractivity contribution is 5.93. The first kappa shape index (κ1) is 22.9. The summed E-state index contributed by atoms with van der Waals surface area (Å²) in [4.78, 5) is 19.5. The van der Waals surface area contributed by atoms with Gasteiger partial charge in [-0.15, -0.1) is 0 Å². The van der Waals surface area contributed by atoms with Gasteiger partial charge in [0.15, 0.2) is 6.61 Å². The lowest BCUT2D eigenvalue weighted by molar-refractivity contribution is -0.137. The second-order valence-corrected chi connectivity index (χ2v) is 8.13. The maximum atomic E-state index is 13.2. The minimum absolute atomic E-state index is 0.298. The van der Waals surface area contributed by atoms with Crippen LogP contribution in [-0.2, 0) is 11.0 Å². The lowest BCUT2D eigenvalue weighted by Crippen LogP contribution is -2.39. The second-order valence-electron chi connectivity index (χ2n) is 8.13. The van der Waals surface area contributed by atoms with E-state index < -0.39 is 24.3 Å². The third-order valence-electron chi connectivity index (χ3n) is 5.93. The Bertz CT molecular complexity index is 1130. The van der Waals surface area contributed by atoms with Crippen LogP contribution in [0.2, 0.25) is 0 Å². The molecule has 5 nitrogen and oxygen atoms in total. The molecule has 1 unspecified atom stereocenters. The molecule has 1 aliphatic heterocycles. The molecule has 2 heterocycles. The molecule has 0 aliphatic carbocycles. The van der Waals surface area contributed by atoms with E-state index in [2.05, 4.69) is 17.1 Å². The highest BCUT2D eigenvalue weighted by atomic mass is 19.4. The van der Waals surface area contributed by atoms with Crippen molar-refractivity contribution in [1.82, 2.24) is 4.98 Å². The molecular formula is C25H26F3N3O2. The zero-order valence-electron chi connectivity index (χ0n) is 18.4. The van der Waals surface area contributed by atoms with Crippen molar-refractivity contribution in [3.05, 3.63) is 60.2 Å². The summed E-state index contributed by atoms with van der Waals surface area (Å²) in [5, 5.41) is 3.16. The number of halogens is 3. The summed E-state index contributed by atoms with van der Waals surface area (Å²) >= 11 is 0. The highest BCUT2D eigenvalue weighted by Crippen LogP contribution is 2.35. The molecule has 1 fully saturated rings. The Balaban J connectivity index is 1.52. The van der Waals surface area contributed by atoms with Crippen molar-refractivity contribution in [1.29, 1.82) is 0 Å². The van der Waals surface area contributed by atoms with Crippen LogP contribution in [0.1, 0.15) is 38.2 Å². The molecule has 8 heteroatoms. The van der Waals surface area contributed by atoms with Gasteiger partial charge in [-0.2, -0.15) is 13.2 Å². The second kappa shape index (κ2) is 9.68. The van der Waals surface area contributed by atoms with Crippen LogP contribution in [0.25, 0.3) is 10.9 Å². The van der Waals surface area contributed by atoms with Gasteiger partial charge in [0.05, 0.1) is 11.3 Å². The Kier molecular flexibility index (Phi) is 6.72. The molecule has 0 bridgehead atoms. The van der Waals surface area contributed by atoms with Gasteiger partial charge in [0.1, 0.15) is 17.1 Å². The van der Waals surface area contributed by atoms with Gasteiger partial charge >= 0.3 is 6.18 Å². The van der Waals surface area contributed by atoms with Crippen molar-refractivity contribution in [2.24, 2.45) is 0 Å². The van der Waals surface area contributed by atoms with Crippen molar-refractivity contribution in [2.75, 3.05) is 23.4 Å². The highest BCUT2D eigenvalue weighted by Gasteiger charge is 2.33. The maximum absolute atomic E-state index is 13.2. The number of anilines is 2. The fourth-order valence-corrected chi connectivity index (χ4v) is 4.28. The number of fused-ring (bicyclic) bond motifs is 1. The Labute approximate surface area is 190 Å². The van der Waals surface area contributed by atoms with Gasteiger partial charge in [0.2, 0.25) is 0 Å².